The van der Waals surface area contributed by atoms with Crippen LogP contribution in [0.2, 0.25) is 0 Å². The zero-order chi connectivity index (χ0) is 29.8. The molecular weight excluding hydrogens is 585 g/mol. The number of ether oxygens (including phenoxy) is 1. The molecule has 0 amide bonds. The molecule has 0 unspecified atom stereocenters. The van der Waals surface area contributed by atoms with E-state index in [0.29, 0.717) is 44.7 Å². The van der Waals surface area contributed by atoms with Crippen molar-refractivity contribution in [3.63, 3.8) is 0 Å². The van der Waals surface area contributed by atoms with Gasteiger partial charge in [0.1, 0.15) is 4.70 Å². The van der Waals surface area contributed by atoms with Gasteiger partial charge in [0.15, 0.2) is 12.3 Å². The van der Waals surface area contributed by atoms with Gasteiger partial charge >= 0.3 is 0 Å². The minimum absolute atomic E-state index is 0.261. The third kappa shape index (κ3) is 8.62. The summed E-state index contributed by atoms with van der Waals surface area (Å²) in [6.07, 6.45) is 6.81. The Hall–Kier alpha value is -2.77. The van der Waals surface area contributed by atoms with Crippen LogP contribution in [0.5, 0.6) is 5.75 Å². The highest BCUT2D eigenvalue weighted by molar-refractivity contribution is 7.86. The fourth-order valence-electron chi connectivity index (χ4n) is 4.80. The lowest BCUT2D eigenvalue weighted by Gasteiger charge is -2.18. The number of hydrogen-bond donors (Lipinski definition) is 2. The first kappa shape index (κ1) is 31.2. The van der Waals surface area contributed by atoms with Crippen molar-refractivity contribution in [1.82, 2.24) is 0 Å². The van der Waals surface area contributed by atoms with Crippen molar-refractivity contribution in [2.75, 3.05) is 23.0 Å². The number of nitrogens with zero attached hydrogens (tertiary/aromatic N) is 2. The predicted octanol–water partition coefficient (Wildman–Crippen LogP) is 5.54. The van der Waals surface area contributed by atoms with Crippen LogP contribution in [-0.4, -0.2) is 44.0 Å². The standard InChI is InChI=1S/C29H36N2O7S3/c1-4-23-10-11-24-27(20-23)39-29(31(24)14-6-8-16-41(35,36)37)19-22(3)18-28-30(13-5-7-15-40(32,33)34)25-17-21(2)9-12-26(25)38-28/h9-12,17-20H,4-8,13-16H2,1-3H3,(H-,32,33,34,35,36,37)/p+1. The molecule has 0 spiro atoms. The second kappa shape index (κ2) is 13.0. The average Bonchev–Trinajstić information content (AvgIpc) is 3.39. The predicted molar refractivity (Wildman–Crippen MR) is 164 cm³/mol. The van der Waals surface area contributed by atoms with E-state index < -0.39 is 20.2 Å². The fraction of sp³-hybridized carbons (Fsp3) is 0.414. The SMILES string of the molecule is CCc1ccc2c(c1)sc(/C=C(C)\C=C1\Oc3ccc(C)cc3N1CCCCS(=O)(=O)O)[n+]2CCCCS(=O)(=O)O. The number of allylic oxidation sites excluding steroid dienone is 2. The lowest BCUT2D eigenvalue weighted by atomic mass is 10.1. The van der Waals surface area contributed by atoms with Gasteiger partial charge in [-0.3, -0.25) is 9.11 Å². The summed E-state index contributed by atoms with van der Waals surface area (Å²) in [5.74, 6) is 0.826. The maximum Gasteiger partial charge on any atom is 0.264 e. The van der Waals surface area contributed by atoms with Crippen LogP contribution in [-0.2, 0) is 33.2 Å². The van der Waals surface area contributed by atoms with Gasteiger partial charge in [0.05, 0.1) is 17.2 Å². The number of unbranched alkanes of at least 4 members (excludes halogenated alkanes) is 2. The van der Waals surface area contributed by atoms with E-state index in [9.17, 15) is 16.8 Å². The Morgan fingerprint density at radius 2 is 1.71 bits per heavy atom. The van der Waals surface area contributed by atoms with Gasteiger partial charge in [0.25, 0.3) is 25.2 Å². The number of thiazole rings is 1. The largest absolute Gasteiger partial charge is 0.439 e. The molecule has 9 nitrogen and oxygen atoms in total. The summed E-state index contributed by atoms with van der Waals surface area (Å²) in [7, 11) is -8.00. The number of hydrogen-bond acceptors (Lipinski definition) is 7. The van der Waals surface area contributed by atoms with Crippen LogP contribution in [0.3, 0.4) is 0 Å². The molecule has 12 heteroatoms. The molecule has 41 heavy (non-hydrogen) atoms. The molecule has 1 aromatic heterocycles. The van der Waals surface area contributed by atoms with E-state index in [4.69, 9.17) is 13.8 Å². The van der Waals surface area contributed by atoms with E-state index >= 15 is 0 Å². The van der Waals surface area contributed by atoms with Gasteiger partial charge in [-0.2, -0.15) is 21.4 Å². The van der Waals surface area contributed by atoms with Gasteiger partial charge in [-0.15, -0.1) is 0 Å². The van der Waals surface area contributed by atoms with Crippen molar-refractivity contribution in [3.05, 3.63) is 70.1 Å². The molecule has 0 fully saturated rings. The third-order valence-corrected chi connectivity index (χ3v) is 9.56. The molecule has 2 N–H and O–H groups in total. The van der Waals surface area contributed by atoms with Gasteiger partial charge in [-0.05, 0) is 74.4 Å². The number of anilines is 1. The second-order valence-corrected chi connectivity index (χ2v) is 14.5. The summed E-state index contributed by atoms with van der Waals surface area (Å²) in [5, 5.41) is 1.01. The molecule has 1 aliphatic heterocycles. The molecule has 0 saturated heterocycles. The summed E-state index contributed by atoms with van der Waals surface area (Å²) in [6, 6.07) is 12.3. The smallest absolute Gasteiger partial charge is 0.264 e. The van der Waals surface area contributed by atoms with Gasteiger partial charge < -0.3 is 9.64 Å². The van der Waals surface area contributed by atoms with E-state index in [-0.39, 0.29) is 11.5 Å². The Morgan fingerprint density at radius 3 is 2.39 bits per heavy atom. The number of aryl methyl sites for hydroxylation is 3. The first-order chi connectivity index (χ1) is 19.3. The summed E-state index contributed by atoms with van der Waals surface area (Å²) in [4.78, 5) is 2.03. The van der Waals surface area contributed by atoms with Gasteiger partial charge in [-0.1, -0.05) is 30.4 Å². The fourth-order valence-corrected chi connectivity index (χ4v) is 7.20. The molecule has 0 bridgehead atoms. The van der Waals surface area contributed by atoms with Crippen molar-refractivity contribution in [1.29, 1.82) is 0 Å². The van der Waals surface area contributed by atoms with Crippen LogP contribution in [0.1, 0.15) is 55.7 Å². The average molecular weight is 622 g/mol. The minimum Gasteiger partial charge on any atom is -0.439 e. The number of rotatable bonds is 13. The summed E-state index contributed by atoms with van der Waals surface area (Å²) in [6.45, 7) is 7.25. The zero-order valence-electron chi connectivity index (χ0n) is 23.5. The number of aromatic nitrogens is 1. The van der Waals surface area contributed by atoms with Crippen molar-refractivity contribution in [3.8, 4) is 5.75 Å². The first-order valence-corrected chi connectivity index (χ1v) is 17.7. The topological polar surface area (TPSA) is 125 Å². The van der Waals surface area contributed by atoms with E-state index in [0.717, 1.165) is 44.2 Å². The van der Waals surface area contributed by atoms with Crippen LogP contribution in [0.15, 0.2) is 53.9 Å². The van der Waals surface area contributed by atoms with Crippen molar-refractivity contribution in [2.45, 2.75) is 59.4 Å². The summed E-state index contributed by atoms with van der Waals surface area (Å²) >= 11 is 1.67. The quantitative estimate of drug-likeness (QED) is 0.145. The molecule has 0 radical (unpaired) electrons. The Bertz CT molecular complexity index is 1690. The van der Waals surface area contributed by atoms with Crippen LogP contribution in [0, 0.1) is 6.92 Å². The normalized spacial score (nSPS) is 15.1. The van der Waals surface area contributed by atoms with Gasteiger partial charge in [0, 0.05) is 31.2 Å². The van der Waals surface area contributed by atoms with Crippen LogP contribution in [0.4, 0.5) is 5.69 Å². The van der Waals surface area contributed by atoms with Crippen LogP contribution >= 0.6 is 11.3 Å². The molecule has 4 rings (SSSR count). The van der Waals surface area contributed by atoms with E-state index in [1.54, 1.807) is 11.3 Å². The first-order valence-electron chi connectivity index (χ1n) is 13.6. The molecule has 0 aliphatic carbocycles. The zero-order valence-corrected chi connectivity index (χ0v) is 26.0. The van der Waals surface area contributed by atoms with E-state index in [2.05, 4.69) is 35.8 Å². The molecule has 1 aliphatic rings. The Labute approximate surface area is 246 Å². The lowest BCUT2D eigenvalue weighted by molar-refractivity contribution is -0.669. The molecule has 3 aromatic rings. The molecule has 222 valence electrons. The highest BCUT2D eigenvalue weighted by Crippen LogP contribution is 2.40. The van der Waals surface area contributed by atoms with Gasteiger partial charge in [-0.25, -0.2) is 0 Å². The van der Waals surface area contributed by atoms with Crippen LogP contribution in [0.25, 0.3) is 16.3 Å². The maximum atomic E-state index is 11.2. The van der Waals surface area contributed by atoms with Crippen molar-refractivity contribution < 1.29 is 35.2 Å². The van der Waals surface area contributed by atoms with Crippen molar-refractivity contribution >= 4 is 53.6 Å². The highest BCUT2D eigenvalue weighted by Gasteiger charge is 2.27. The van der Waals surface area contributed by atoms with E-state index in [1.165, 1.54) is 5.56 Å². The van der Waals surface area contributed by atoms with Crippen molar-refractivity contribution in [2.24, 2.45) is 0 Å². The van der Waals surface area contributed by atoms with Gasteiger partial charge in [0.2, 0.25) is 11.4 Å². The number of fused-ring (bicyclic) bond motifs is 2. The lowest BCUT2D eigenvalue weighted by Crippen LogP contribution is -2.35. The van der Waals surface area contributed by atoms with Crippen LogP contribution < -0.4 is 14.2 Å². The maximum absolute atomic E-state index is 11.2. The Morgan fingerprint density at radius 1 is 1.00 bits per heavy atom. The molecule has 0 atom stereocenters. The van der Waals surface area contributed by atoms with E-state index in [1.807, 2.05) is 43.0 Å². The Balaban J connectivity index is 1.63. The third-order valence-electron chi connectivity index (χ3n) is 6.86. The number of benzene rings is 2. The summed E-state index contributed by atoms with van der Waals surface area (Å²) < 4.78 is 72.5. The highest BCUT2D eigenvalue weighted by atomic mass is 32.2. The second-order valence-electron chi connectivity index (χ2n) is 10.3. The molecule has 2 heterocycles. The molecular formula is C29H37N2O7S3+. The Kier molecular flexibility index (Phi) is 9.91. The monoisotopic (exact) mass is 621 g/mol. The molecule has 0 saturated carbocycles. The molecule has 2 aromatic carbocycles. The summed E-state index contributed by atoms with van der Waals surface area (Å²) in [5.41, 5.74) is 5.26. The minimum atomic E-state index is -4.01.